The molecule has 0 atom stereocenters. The summed E-state index contributed by atoms with van der Waals surface area (Å²) in [4.78, 5) is 30.4. The van der Waals surface area contributed by atoms with Crippen LogP contribution in [0.5, 0.6) is 0 Å². The van der Waals surface area contributed by atoms with E-state index in [-0.39, 0.29) is 36.0 Å². The largest absolute Gasteiger partial charge is 0.369 e. The third kappa shape index (κ3) is 4.64. The van der Waals surface area contributed by atoms with Gasteiger partial charge in [-0.2, -0.15) is 4.98 Å². The fraction of sp³-hybridized carbons (Fsp3) is 0.500. The Hall–Kier alpha value is -2.79. The molecule has 0 fully saturated rings. The number of nitrogens with one attached hydrogen (secondary N) is 2. The molecule has 0 saturated heterocycles. The molecule has 2 aromatic rings. The van der Waals surface area contributed by atoms with Gasteiger partial charge in [0.25, 0.3) is 5.56 Å². The maximum Gasteiger partial charge on any atom is 0.263 e. The molecule has 0 aromatic carbocycles. The Kier molecular flexibility index (Phi) is 6.41. The fourth-order valence-electron chi connectivity index (χ4n) is 2.37. The first-order valence-electron chi connectivity index (χ1n) is 8.56. The van der Waals surface area contributed by atoms with Crippen molar-refractivity contribution in [3.63, 3.8) is 0 Å². The van der Waals surface area contributed by atoms with Gasteiger partial charge >= 0.3 is 0 Å². The number of fused-ring (bicyclic) bond motifs is 1. The number of anilines is 1. The third-order valence-electron chi connectivity index (χ3n) is 3.72. The van der Waals surface area contributed by atoms with Crippen LogP contribution in [0, 0.1) is 17.8 Å². The van der Waals surface area contributed by atoms with Crippen LogP contribution in [0.1, 0.15) is 39.3 Å². The molecule has 0 aliphatic carbocycles. The van der Waals surface area contributed by atoms with Crippen LogP contribution in [0.2, 0.25) is 0 Å². The minimum Gasteiger partial charge on any atom is -0.369 e. The zero-order chi connectivity index (χ0) is 19.3. The average molecular weight is 359 g/mol. The summed E-state index contributed by atoms with van der Waals surface area (Å²) < 4.78 is 7.25. The maximum absolute atomic E-state index is 12.2. The molecule has 1 amide bonds. The van der Waals surface area contributed by atoms with Gasteiger partial charge in [0, 0.05) is 24.7 Å². The Morgan fingerprint density at radius 1 is 1.42 bits per heavy atom. The number of hydrogen-bond donors (Lipinski definition) is 3. The van der Waals surface area contributed by atoms with E-state index in [0.29, 0.717) is 29.7 Å². The molecule has 2 aromatic heterocycles. The van der Waals surface area contributed by atoms with Gasteiger partial charge in [-0.05, 0) is 13.8 Å². The van der Waals surface area contributed by atoms with Crippen LogP contribution in [-0.4, -0.2) is 40.2 Å². The van der Waals surface area contributed by atoms with E-state index in [9.17, 15) is 9.59 Å². The summed E-state index contributed by atoms with van der Waals surface area (Å²) in [6.07, 6.45) is 1.80. The number of hydrogen-bond acceptors (Lipinski definition) is 5. The zero-order valence-corrected chi connectivity index (χ0v) is 15.5. The lowest BCUT2D eigenvalue weighted by Crippen LogP contribution is -2.30. The first kappa shape index (κ1) is 19.5. The van der Waals surface area contributed by atoms with Gasteiger partial charge in [0.2, 0.25) is 11.9 Å². The Bertz CT molecular complexity index is 899. The summed E-state index contributed by atoms with van der Waals surface area (Å²) >= 11 is 0. The van der Waals surface area contributed by atoms with E-state index >= 15 is 0 Å². The molecule has 0 aliphatic heterocycles. The SMILES string of the molecule is CC(C)C(=O)NCCOCC#Cc1cn(C(C)C)c2nc(N)[nH]c(=O)c12. The van der Waals surface area contributed by atoms with Crippen molar-refractivity contribution >= 4 is 22.9 Å². The normalized spacial score (nSPS) is 11.0. The van der Waals surface area contributed by atoms with Crippen LogP contribution >= 0.6 is 0 Å². The minimum atomic E-state index is -0.312. The Labute approximate surface area is 152 Å². The van der Waals surface area contributed by atoms with E-state index in [4.69, 9.17) is 10.5 Å². The lowest BCUT2D eigenvalue weighted by Gasteiger charge is -2.07. The second-order valence-corrected chi connectivity index (χ2v) is 6.49. The number of ether oxygens (including phenoxy) is 1. The van der Waals surface area contributed by atoms with E-state index in [1.54, 1.807) is 6.20 Å². The molecule has 0 saturated carbocycles. The van der Waals surface area contributed by atoms with Crippen LogP contribution in [0.3, 0.4) is 0 Å². The first-order valence-corrected chi connectivity index (χ1v) is 8.56. The Morgan fingerprint density at radius 3 is 2.81 bits per heavy atom. The van der Waals surface area contributed by atoms with Crippen LogP contribution in [0.25, 0.3) is 11.0 Å². The number of nitrogens with two attached hydrogens (primary N) is 1. The molecule has 0 bridgehead atoms. The molecule has 0 unspecified atom stereocenters. The predicted octanol–water partition coefficient (Wildman–Crippen LogP) is 1.03. The average Bonchev–Trinajstić information content (AvgIpc) is 2.92. The van der Waals surface area contributed by atoms with Gasteiger partial charge in [-0.1, -0.05) is 25.7 Å². The highest BCUT2D eigenvalue weighted by Crippen LogP contribution is 2.20. The highest BCUT2D eigenvalue weighted by molar-refractivity contribution is 5.83. The standard InChI is InChI=1S/C18H25N5O3/c1-11(2)16(24)20-7-9-26-8-5-6-13-10-23(12(3)4)15-14(13)17(25)22-18(19)21-15/h10-12H,7-9H2,1-4H3,(H,20,24)(H3,19,21,22,25). The molecule has 2 rings (SSSR count). The second-order valence-electron chi connectivity index (χ2n) is 6.49. The van der Waals surface area contributed by atoms with Crippen LogP contribution in [-0.2, 0) is 9.53 Å². The summed E-state index contributed by atoms with van der Waals surface area (Å²) in [6, 6.07) is 0.113. The van der Waals surface area contributed by atoms with Gasteiger partial charge in [0.1, 0.15) is 6.61 Å². The number of rotatable bonds is 6. The monoisotopic (exact) mass is 359 g/mol. The molecular weight excluding hydrogens is 334 g/mol. The number of aromatic amines is 1. The van der Waals surface area contributed by atoms with Crippen molar-refractivity contribution in [1.82, 2.24) is 19.9 Å². The quantitative estimate of drug-likeness (QED) is 0.526. The van der Waals surface area contributed by atoms with Gasteiger partial charge in [-0.15, -0.1) is 0 Å². The highest BCUT2D eigenvalue weighted by Gasteiger charge is 2.14. The minimum absolute atomic E-state index is 0.00724. The number of carbonyl (C=O) groups is 1. The zero-order valence-electron chi connectivity index (χ0n) is 15.5. The van der Waals surface area contributed by atoms with Gasteiger partial charge in [-0.3, -0.25) is 14.6 Å². The smallest absolute Gasteiger partial charge is 0.263 e. The first-order chi connectivity index (χ1) is 12.3. The lowest BCUT2D eigenvalue weighted by molar-refractivity contribution is -0.124. The van der Waals surface area contributed by atoms with Gasteiger partial charge in [-0.25, -0.2) is 0 Å². The van der Waals surface area contributed by atoms with Gasteiger partial charge in [0.05, 0.1) is 17.6 Å². The molecule has 8 heteroatoms. The predicted molar refractivity (Wildman–Crippen MR) is 101 cm³/mol. The van der Waals surface area contributed by atoms with E-state index in [1.807, 2.05) is 32.3 Å². The number of aromatic nitrogens is 3. The molecular formula is C18H25N5O3. The Balaban J connectivity index is 2.05. The van der Waals surface area contributed by atoms with Crippen LogP contribution < -0.4 is 16.6 Å². The van der Waals surface area contributed by atoms with E-state index in [0.717, 1.165) is 0 Å². The molecule has 26 heavy (non-hydrogen) atoms. The van der Waals surface area contributed by atoms with Gasteiger partial charge < -0.3 is 20.4 Å². The van der Waals surface area contributed by atoms with E-state index in [2.05, 4.69) is 27.1 Å². The number of nitrogen functional groups attached to an aromatic ring is 1. The molecule has 140 valence electrons. The topological polar surface area (TPSA) is 115 Å². The molecule has 8 nitrogen and oxygen atoms in total. The molecule has 0 radical (unpaired) electrons. The number of nitrogens with zero attached hydrogens (tertiary/aromatic N) is 2. The van der Waals surface area contributed by atoms with E-state index < -0.39 is 0 Å². The third-order valence-corrected chi connectivity index (χ3v) is 3.72. The molecule has 4 N–H and O–H groups in total. The van der Waals surface area contributed by atoms with Crippen molar-refractivity contribution in [1.29, 1.82) is 0 Å². The molecule has 2 heterocycles. The second kappa shape index (κ2) is 8.54. The van der Waals surface area contributed by atoms with E-state index in [1.165, 1.54) is 0 Å². The number of H-pyrrole nitrogens is 1. The summed E-state index contributed by atoms with van der Waals surface area (Å²) in [5, 5.41) is 3.18. The van der Waals surface area contributed by atoms with Crippen LogP contribution in [0.15, 0.2) is 11.0 Å². The van der Waals surface area contributed by atoms with Crippen molar-refractivity contribution in [2.24, 2.45) is 5.92 Å². The summed E-state index contributed by atoms with van der Waals surface area (Å²) in [7, 11) is 0. The lowest BCUT2D eigenvalue weighted by atomic mass is 10.2. The summed E-state index contributed by atoms with van der Waals surface area (Å²) in [5.41, 5.74) is 6.43. The van der Waals surface area contributed by atoms with Crippen molar-refractivity contribution in [2.45, 2.75) is 33.7 Å². The maximum atomic E-state index is 12.2. The summed E-state index contributed by atoms with van der Waals surface area (Å²) in [6.45, 7) is 8.66. The number of amides is 1. The fourth-order valence-corrected chi connectivity index (χ4v) is 2.37. The summed E-state index contributed by atoms with van der Waals surface area (Å²) in [5.74, 6) is 5.87. The molecule has 0 aliphatic rings. The number of carbonyl (C=O) groups excluding carboxylic acids is 1. The van der Waals surface area contributed by atoms with Crippen molar-refractivity contribution in [3.8, 4) is 11.8 Å². The van der Waals surface area contributed by atoms with Crippen molar-refractivity contribution in [3.05, 3.63) is 22.1 Å². The Morgan fingerprint density at radius 2 is 2.15 bits per heavy atom. The van der Waals surface area contributed by atoms with Crippen molar-refractivity contribution < 1.29 is 9.53 Å². The highest BCUT2D eigenvalue weighted by atomic mass is 16.5. The van der Waals surface area contributed by atoms with Crippen molar-refractivity contribution in [2.75, 3.05) is 25.5 Å². The molecule has 0 spiro atoms. The van der Waals surface area contributed by atoms with Gasteiger partial charge in [0.15, 0.2) is 5.65 Å². The van der Waals surface area contributed by atoms with Crippen LogP contribution in [0.4, 0.5) is 5.95 Å².